The molecule has 0 aliphatic carbocycles. The minimum atomic E-state index is -0.0373. The molecule has 0 fully saturated rings. The zero-order valence-electron chi connectivity index (χ0n) is 13.8. The highest BCUT2D eigenvalue weighted by molar-refractivity contribution is 6.04. The third-order valence-corrected chi connectivity index (χ3v) is 4.92. The van der Waals surface area contributed by atoms with E-state index in [1.165, 1.54) is 5.56 Å². The lowest BCUT2D eigenvalue weighted by Gasteiger charge is -2.02. The van der Waals surface area contributed by atoms with Gasteiger partial charge < -0.3 is 4.98 Å². The topological polar surface area (TPSA) is 66.3 Å². The number of aromatic amines is 1. The van der Waals surface area contributed by atoms with Crippen LogP contribution in [0.1, 0.15) is 16.7 Å². The van der Waals surface area contributed by atoms with Crippen molar-refractivity contribution < 1.29 is 4.58 Å². The number of aryl methyl sites for hydroxylation is 1. The lowest BCUT2D eigenvalue weighted by atomic mass is 10.1. The number of amidine groups is 1. The van der Waals surface area contributed by atoms with Crippen molar-refractivity contribution >= 4 is 28.2 Å². The first-order valence-electron chi connectivity index (χ1n) is 8.26. The first kappa shape index (κ1) is 14.0. The van der Waals surface area contributed by atoms with Gasteiger partial charge >= 0.3 is 0 Å². The van der Waals surface area contributed by atoms with Crippen molar-refractivity contribution in [2.75, 3.05) is 0 Å². The molecule has 5 rings (SSSR count). The van der Waals surface area contributed by atoms with E-state index in [0.29, 0.717) is 12.4 Å². The van der Waals surface area contributed by atoms with Crippen molar-refractivity contribution in [3.63, 3.8) is 0 Å². The molecule has 0 saturated heterocycles. The number of rotatable bonds is 1. The lowest BCUT2D eigenvalue weighted by molar-refractivity contribution is -0.453. The molecular weight excluding hydrogens is 312 g/mol. The van der Waals surface area contributed by atoms with Gasteiger partial charge in [-0.3, -0.25) is 14.9 Å². The number of fused-ring (bicyclic) bond motifs is 5. The lowest BCUT2D eigenvalue weighted by Crippen LogP contribution is -2.22. The summed E-state index contributed by atoms with van der Waals surface area (Å²) >= 11 is 0. The molecule has 2 aromatic carbocycles. The van der Waals surface area contributed by atoms with Crippen molar-refractivity contribution in [1.29, 1.82) is 0 Å². The van der Waals surface area contributed by atoms with Crippen molar-refractivity contribution in [3.8, 4) is 0 Å². The number of benzene rings is 2. The maximum absolute atomic E-state index is 12.7. The average Bonchev–Trinajstić information content (AvgIpc) is 3.14. The molecule has 3 heterocycles. The highest BCUT2D eigenvalue weighted by Gasteiger charge is 2.30. The van der Waals surface area contributed by atoms with E-state index >= 15 is 0 Å². The Morgan fingerprint density at radius 3 is 2.68 bits per heavy atom. The van der Waals surface area contributed by atoms with Gasteiger partial charge in [-0.1, -0.05) is 29.8 Å². The van der Waals surface area contributed by atoms with Crippen LogP contribution in [-0.2, 0) is 6.54 Å². The monoisotopic (exact) mass is 329 g/mol. The van der Waals surface area contributed by atoms with Crippen molar-refractivity contribution in [2.45, 2.75) is 13.5 Å². The molecule has 1 aliphatic rings. The Kier molecular flexibility index (Phi) is 2.71. The third kappa shape index (κ3) is 1.89. The molecule has 122 valence electrons. The summed E-state index contributed by atoms with van der Waals surface area (Å²) in [6, 6.07) is 17.7. The number of nitrogens with two attached hydrogens (primary N) is 1. The minimum Gasteiger partial charge on any atom is -0.339 e. The van der Waals surface area contributed by atoms with Gasteiger partial charge in [-0.2, -0.15) is 0 Å². The summed E-state index contributed by atoms with van der Waals surface area (Å²) in [6.07, 6.45) is 0. The predicted octanol–water partition coefficient (Wildman–Crippen LogP) is 2.65. The van der Waals surface area contributed by atoms with Gasteiger partial charge in [0.25, 0.3) is 11.4 Å². The quantitative estimate of drug-likeness (QED) is 0.527. The van der Waals surface area contributed by atoms with Crippen LogP contribution in [0.3, 0.4) is 0 Å². The normalized spacial score (nSPS) is 13.8. The molecule has 1 aliphatic heterocycles. The molecule has 0 atom stereocenters. The van der Waals surface area contributed by atoms with Gasteiger partial charge in [0.2, 0.25) is 0 Å². The predicted molar refractivity (Wildman–Crippen MR) is 98.6 cm³/mol. The standard InChI is InChI=1S/C20H16N4O/c1-12-6-8-14(9-7-12)23-11-13-10-17(25)24-16-5-3-2-4-15(16)22-20(24)18(13)19(23)21/h2-10H,11H2,1H3,(H2,21,22,25)/p+1. The number of hydrogen-bond donors (Lipinski definition) is 2. The van der Waals surface area contributed by atoms with Crippen LogP contribution in [-0.4, -0.2) is 19.8 Å². The van der Waals surface area contributed by atoms with Gasteiger partial charge in [-0.05, 0) is 31.2 Å². The maximum atomic E-state index is 12.7. The van der Waals surface area contributed by atoms with E-state index in [4.69, 9.17) is 5.73 Å². The fourth-order valence-corrected chi connectivity index (χ4v) is 3.68. The third-order valence-electron chi connectivity index (χ3n) is 4.92. The van der Waals surface area contributed by atoms with Crippen molar-refractivity contribution in [1.82, 2.24) is 9.38 Å². The number of pyridine rings is 1. The zero-order valence-corrected chi connectivity index (χ0v) is 13.8. The average molecular weight is 329 g/mol. The smallest absolute Gasteiger partial charge is 0.284 e. The molecule has 3 N–H and O–H groups in total. The molecule has 5 heteroatoms. The summed E-state index contributed by atoms with van der Waals surface area (Å²) in [4.78, 5) is 16.0. The van der Waals surface area contributed by atoms with Gasteiger partial charge in [-0.15, -0.1) is 0 Å². The summed E-state index contributed by atoms with van der Waals surface area (Å²) in [5.41, 5.74) is 13.1. The summed E-state index contributed by atoms with van der Waals surface area (Å²) in [7, 11) is 0. The van der Waals surface area contributed by atoms with Gasteiger partial charge in [0.05, 0.1) is 11.0 Å². The molecule has 0 bridgehead atoms. The van der Waals surface area contributed by atoms with Crippen LogP contribution < -0.4 is 11.3 Å². The second-order valence-electron chi connectivity index (χ2n) is 6.52. The van der Waals surface area contributed by atoms with E-state index in [9.17, 15) is 4.79 Å². The number of H-pyrrole nitrogens is 1. The summed E-state index contributed by atoms with van der Waals surface area (Å²) in [5.74, 6) is 0.669. The molecule has 2 aromatic heterocycles. The van der Waals surface area contributed by atoms with Gasteiger partial charge in [0.15, 0.2) is 0 Å². The van der Waals surface area contributed by atoms with E-state index in [1.807, 2.05) is 24.3 Å². The molecule has 5 nitrogen and oxygen atoms in total. The van der Waals surface area contributed by atoms with Crippen LogP contribution in [0.25, 0.3) is 16.7 Å². The molecule has 0 radical (unpaired) electrons. The van der Waals surface area contributed by atoms with E-state index in [0.717, 1.165) is 33.5 Å². The molecule has 0 spiro atoms. The van der Waals surface area contributed by atoms with Gasteiger partial charge in [0.1, 0.15) is 23.4 Å². The van der Waals surface area contributed by atoms with Crippen LogP contribution in [0, 0.1) is 6.92 Å². The Balaban J connectivity index is 1.83. The van der Waals surface area contributed by atoms with E-state index in [-0.39, 0.29) is 5.56 Å². The minimum absolute atomic E-state index is 0.0373. The number of hydrogen-bond acceptors (Lipinski definition) is 2. The van der Waals surface area contributed by atoms with Crippen LogP contribution in [0.15, 0.2) is 59.4 Å². The molecule has 0 amide bonds. The Morgan fingerprint density at radius 1 is 1.12 bits per heavy atom. The summed E-state index contributed by atoms with van der Waals surface area (Å²) < 4.78 is 3.76. The van der Waals surface area contributed by atoms with E-state index in [2.05, 4.69) is 40.7 Å². The van der Waals surface area contributed by atoms with E-state index in [1.54, 1.807) is 10.5 Å². The van der Waals surface area contributed by atoms with Gasteiger partial charge in [0, 0.05) is 11.6 Å². The Morgan fingerprint density at radius 2 is 1.88 bits per heavy atom. The first-order chi connectivity index (χ1) is 12.1. The van der Waals surface area contributed by atoms with Crippen molar-refractivity contribution in [3.05, 3.63) is 81.6 Å². The Bertz CT molecular complexity index is 1240. The highest BCUT2D eigenvalue weighted by Crippen LogP contribution is 2.27. The van der Waals surface area contributed by atoms with Crippen LogP contribution in [0.4, 0.5) is 5.69 Å². The fraction of sp³-hybridized carbons (Fsp3) is 0.100. The molecule has 4 aromatic rings. The Labute approximate surface area is 143 Å². The largest absolute Gasteiger partial charge is 0.339 e. The van der Waals surface area contributed by atoms with E-state index < -0.39 is 0 Å². The second-order valence-corrected chi connectivity index (χ2v) is 6.52. The van der Waals surface area contributed by atoms with Crippen LogP contribution in [0.2, 0.25) is 0 Å². The van der Waals surface area contributed by atoms with Crippen LogP contribution >= 0.6 is 0 Å². The first-order valence-corrected chi connectivity index (χ1v) is 8.26. The zero-order chi connectivity index (χ0) is 17.1. The molecule has 25 heavy (non-hydrogen) atoms. The molecule has 0 saturated carbocycles. The number of para-hydroxylation sites is 2. The second kappa shape index (κ2) is 4.83. The number of imidazole rings is 1. The Hall–Kier alpha value is -3.34. The summed E-state index contributed by atoms with van der Waals surface area (Å²) in [6.45, 7) is 2.66. The number of nitrogens with zero attached hydrogens (tertiary/aromatic N) is 2. The summed E-state index contributed by atoms with van der Waals surface area (Å²) in [5, 5.41) is 0. The SMILES string of the molecule is Cc1ccc([N+]2=C(N)c3c(cc(=O)n4c3[nH]c3ccccc34)C2)cc1. The fourth-order valence-electron chi connectivity index (χ4n) is 3.68. The van der Waals surface area contributed by atoms with Crippen LogP contribution in [0.5, 0.6) is 0 Å². The highest BCUT2D eigenvalue weighted by atomic mass is 16.1. The number of aromatic nitrogens is 2. The van der Waals surface area contributed by atoms with Gasteiger partial charge in [-0.25, -0.2) is 4.58 Å². The number of nitrogens with one attached hydrogen (secondary N) is 1. The maximum Gasteiger partial charge on any atom is 0.284 e. The molecular formula is C20H17N4O+. The molecule has 0 unspecified atom stereocenters. The van der Waals surface area contributed by atoms with Crippen molar-refractivity contribution in [2.24, 2.45) is 5.73 Å².